The summed E-state index contributed by atoms with van der Waals surface area (Å²) < 4.78 is 10.8. The zero-order chi connectivity index (χ0) is 18.9. The number of rotatable bonds is 11. The molecule has 4 nitrogen and oxygen atoms in total. The van der Waals surface area contributed by atoms with E-state index in [1.807, 2.05) is 24.3 Å². The first-order valence-corrected chi connectivity index (χ1v) is 10.7. The van der Waals surface area contributed by atoms with Crippen LogP contribution in [0.5, 0.6) is 11.8 Å². The van der Waals surface area contributed by atoms with Crippen molar-refractivity contribution in [2.45, 2.75) is 64.7 Å². The average Bonchev–Trinajstić information content (AvgIpc) is 3.08. The summed E-state index contributed by atoms with van der Waals surface area (Å²) in [7, 11) is 0. The minimum absolute atomic E-state index is 0.000760. The quantitative estimate of drug-likeness (QED) is 0.344. The van der Waals surface area contributed by atoms with E-state index in [-0.39, 0.29) is 11.7 Å². The zero-order valence-electron chi connectivity index (χ0n) is 15.9. The van der Waals surface area contributed by atoms with Crippen LogP contribution in [-0.2, 0) is 6.42 Å². The second kappa shape index (κ2) is 10.3. The van der Waals surface area contributed by atoms with E-state index < -0.39 is 0 Å². The molecule has 2 aromatic heterocycles. The molecular formula is C22H27NO3S. The number of hydrogen-bond donors (Lipinski definition) is 0. The lowest BCUT2D eigenvalue weighted by atomic mass is 10.1. The van der Waals surface area contributed by atoms with Crippen molar-refractivity contribution >= 4 is 21.6 Å². The molecule has 0 N–H and O–H groups in total. The number of thiophene rings is 1. The Morgan fingerprint density at radius 1 is 1.00 bits per heavy atom. The van der Waals surface area contributed by atoms with E-state index in [1.54, 1.807) is 23.5 Å². The van der Waals surface area contributed by atoms with E-state index >= 15 is 0 Å². The second-order valence-corrected chi connectivity index (χ2v) is 7.95. The molecule has 3 rings (SSSR count). The van der Waals surface area contributed by atoms with Crippen molar-refractivity contribution in [2.75, 3.05) is 0 Å². The molecule has 0 atom stereocenters. The molecule has 0 fully saturated rings. The molecular weight excluding hydrogens is 358 g/mol. The summed E-state index contributed by atoms with van der Waals surface area (Å²) in [5.74, 6) is 0.600. The van der Waals surface area contributed by atoms with Crippen molar-refractivity contribution in [3.8, 4) is 11.8 Å². The normalized spacial score (nSPS) is 11.1. The van der Waals surface area contributed by atoms with Crippen LogP contribution in [0.1, 0.15) is 63.2 Å². The van der Waals surface area contributed by atoms with Gasteiger partial charge in [-0.1, -0.05) is 70.1 Å². The number of aromatic nitrogens is 1. The van der Waals surface area contributed by atoms with Crippen molar-refractivity contribution in [3.05, 3.63) is 51.7 Å². The first-order valence-electron chi connectivity index (χ1n) is 9.92. The Kier molecular flexibility index (Phi) is 7.45. The number of aryl methyl sites for hydroxylation is 1. The molecule has 0 bridgehead atoms. The molecule has 5 heteroatoms. The Morgan fingerprint density at radius 2 is 1.70 bits per heavy atom. The van der Waals surface area contributed by atoms with Crippen LogP contribution in [0, 0.1) is 0 Å². The maximum Gasteiger partial charge on any atom is 0.403 e. The SMILES string of the molecule is CCCCCCCCCCc1cc2c(=O)oc(Oc3ccccc3)nc2s1. The van der Waals surface area contributed by atoms with E-state index in [0.717, 1.165) is 12.8 Å². The first kappa shape index (κ1) is 19.6. The summed E-state index contributed by atoms with van der Waals surface area (Å²) in [4.78, 5) is 18.5. The summed E-state index contributed by atoms with van der Waals surface area (Å²) >= 11 is 1.56. The van der Waals surface area contributed by atoms with Crippen LogP contribution in [-0.4, -0.2) is 4.98 Å². The van der Waals surface area contributed by atoms with E-state index in [1.165, 1.54) is 49.8 Å². The molecule has 0 saturated carbocycles. The largest absolute Gasteiger partial charge is 0.411 e. The third-order valence-corrected chi connectivity index (χ3v) is 5.67. The van der Waals surface area contributed by atoms with Gasteiger partial charge in [-0.25, -0.2) is 4.79 Å². The molecule has 0 spiro atoms. The van der Waals surface area contributed by atoms with Gasteiger partial charge < -0.3 is 9.15 Å². The maximum atomic E-state index is 12.2. The van der Waals surface area contributed by atoms with E-state index in [2.05, 4.69) is 11.9 Å². The van der Waals surface area contributed by atoms with Crippen molar-refractivity contribution in [1.82, 2.24) is 4.98 Å². The van der Waals surface area contributed by atoms with Gasteiger partial charge in [-0.05, 0) is 31.0 Å². The smallest absolute Gasteiger partial charge is 0.403 e. The van der Waals surface area contributed by atoms with Crippen molar-refractivity contribution in [1.29, 1.82) is 0 Å². The van der Waals surface area contributed by atoms with Gasteiger partial charge in [-0.3, -0.25) is 0 Å². The summed E-state index contributed by atoms with van der Waals surface area (Å²) in [5, 5.41) is 0.551. The standard InChI is InChI=1S/C22H27NO3S/c1-2-3-4-5-6-7-8-12-15-18-16-19-20(27-18)23-22(26-21(19)24)25-17-13-10-9-11-14-17/h9-11,13-14,16H,2-8,12,15H2,1H3. The van der Waals surface area contributed by atoms with E-state index in [0.29, 0.717) is 16.0 Å². The number of para-hydroxylation sites is 1. The van der Waals surface area contributed by atoms with Gasteiger partial charge >= 0.3 is 11.7 Å². The number of ether oxygens (including phenoxy) is 1. The van der Waals surface area contributed by atoms with Gasteiger partial charge in [0.2, 0.25) is 0 Å². The summed E-state index contributed by atoms with van der Waals surface area (Å²) in [6.07, 6.45) is 11.4. The highest BCUT2D eigenvalue weighted by Crippen LogP contribution is 2.26. The van der Waals surface area contributed by atoms with Gasteiger partial charge in [0.15, 0.2) is 0 Å². The highest BCUT2D eigenvalue weighted by atomic mass is 32.1. The van der Waals surface area contributed by atoms with Crippen molar-refractivity contribution in [2.24, 2.45) is 0 Å². The Bertz CT molecular complexity index is 885. The predicted octanol–water partition coefficient (Wildman–Crippen LogP) is 6.73. The van der Waals surface area contributed by atoms with Crippen LogP contribution in [0.4, 0.5) is 0 Å². The molecule has 0 aliphatic rings. The van der Waals surface area contributed by atoms with Gasteiger partial charge in [0.1, 0.15) is 10.6 Å². The average molecular weight is 386 g/mol. The number of nitrogens with zero attached hydrogens (tertiary/aromatic N) is 1. The number of hydrogen-bond acceptors (Lipinski definition) is 5. The highest BCUT2D eigenvalue weighted by molar-refractivity contribution is 7.18. The molecule has 0 saturated heterocycles. The fourth-order valence-electron chi connectivity index (χ4n) is 3.09. The summed E-state index contributed by atoms with van der Waals surface area (Å²) in [5.41, 5.74) is -0.385. The highest BCUT2D eigenvalue weighted by Gasteiger charge is 2.12. The number of unbranched alkanes of at least 4 members (excludes halogenated alkanes) is 7. The van der Waals surface area contributed by atoms with Gasteiger partial charge in [0.25, 0.3) is 0 Å². The Hall–Kier alpha value is -2.14. The fraction of sp³-hybridized carbons (Fsp3) is 0.455. The third-order valence-electron chi connectivity index (χ3n) is 4.58. The third kappa shape index (κ3) is 5.93. The lowest BCUT2D eigenvalue weighted by Crippen LogP contribution is -2.00. The zero-order valence-corrected chi connectivity index (χ0v) is 16.7. The van der Waals surface area contributed by atoms with Crippen LogP contribution in [0.3, 0.4) is 0 Å². The maximum absolute atomic E-state index is 12.2. The van der Waals surface area contributed by atoms with E-state index in [9.17, 15) is 4.79 Å². The van der Waals surface area contributed by atoms with Crippen molar-refractivity contribution < 1.29 is 9.15 Å². The van der Waals surface area contributed by atoms with Gasteiger partial charge in [0, 0.05) is 4.88 Å². The number of fused-ring (bicyclic) bond motifs is 1. The van der Waals surface area contributed by atoms with Crippen LogP contribution < -0.4 is 10.4 Å². The Labute approximate surface area is 164 Å². The van der Waals surface area contributed by atoms with Crippen LogP contribution in [0.2, 0.25) is 0 Å². The molecule has 0 aliphatic carbocycles. The summed E-state index contributed by atoms with van der Waals surface area (Å²) in [6.45, 7) is 2.25. The predicted molar refractivity (Wildman–Crippen MR) is 111 cm³/mol. The monoisotopic (exact) mass is 385 g/mol. The van der Waals surface area contributed by atoms with Crippen LogP contribution in [0.15, 0.2) is 45.6 Å². The lowest BCUT2D eigenvalue weighted by Gasteiger charge is -2.01. The summed E-state index contributed by atoms with van der Waals surface area (Å²) in [6, 6.07) is 11.1. The molecule has 3 aromatic rings. The van der Waals surface area contributed by atoms with Gasteiger partial charge in [0.05, 0.1) is 5.39 Å². The van der Waals surface area contributed by atoms with Crippen LogP contribution >= 0.6 is 11.3 Å². The molecule has 0 unspecified atom stereocenters. The van der Waals surface area contributed by atoms with Gasteiger partial charge in [-0.2, -0.15) is 4.98 Å². The molecule has 0 aliphatic heterocycles. The van der Waals surface area contributed by atoms with Gasteiger partial charge in [-0.15, -0.1) is 11.3 Å². The van der Waals surface area contributed by atoms with Crippen LogP contribution in [0.25, 0.3) is 10.2 Å². The Balaban J connectivity index is 1.54. The molecule has 0 amide bonds. The molecule has 144 valence electrons. The molecule has 1 aromatic carbocycles. The lowest BCUT2D eigenvalue weighted by molar-refractivity contribution is 0.307. The van der Waals surface area contributed by atoms with E-state index in [4.69, 9.17) is 9.15 Å². The van der Waals surface area contributed by atoms with Crippen molar-refractivity contribution in [3.63, 3.8) is 0 Å². The second-order valence-electron chi connectivity index (χ2n) is 6.84. The molecule has 27 heavy (non-hydrogen) atoms. The topological polar surface area (TPSA) is 52.3 Å². The Morgan fingerprint density at radius 3 is 2.44 bits per heavy atom. The number of benzene rings is 1. The first-order chi connectivity index (χ1) is 13.3. The minimum atomic E-state index is -0.385. The molecule has 0 radical (unpaired) electrons. The molecule has 2 heterocycles. The fourth-order valence-corrected chi connectivity index (χ4v) is 4.13. The minimum Gasteiger partial charge on any atom is -0.411 e.